The quantitative estimate of drug-likeness (QED) is 0.735. The number of aromatic nitrogens is 2. The van der Waals surface area contributed by atoms with Gasteiger partial charge in [-0.25, -0.2) is 0 Å². The number of nitrogens with zero attached hydrogens (tertiary/aromatic N) is 2. The monoisotopic (exact) mass is 379 g/mol. The van der Waals surface area contributed by atoms with Crippen molar-refractivity contribution in [1.82, 2.24) is 15.1 Å². The zero-order chi connectivity index (χ0) is 18.6. The number of benzene rings is 2. The topological polar surface area (TPSA) is 56.2 Å². The second-order valence-corrected chi connectivity index (χ2v) is 6.70. The Balaban J connectivity index is 1.50. The first-order chi connectivity index (χ1) is 13.2. The van der Waals surface area contributed by atoms with E-state index in [0.29, 0.717) is 17.1 Å². The maximum Gasteiger partial charge on any atom is 0.250 e. The Morgan fingerprint density at radius 1 is 1.19 bits per heavy atom. The molecule has 0 saturated heterocycles. The molecule has 0 bridgehead atoms. The van der Waals surface area contributed by atoms with Gasteiger partial charge < -0.3 is 10.1 Å². The number of ether oxygens (including phenoxy) is 1. The van der Waals surface area contributed by atoms with Crippen molar-refractivity contribution in [2.75, 3.05) is 13.2 Å². The Morgan fingerprint density at radius 2 is 2.00 bits per heavy atom. The number of carbonyl (C=O) groups is 1. The molecule has 2 aromatic carbocycles. The van der Waals surface area contributed by atoms with Crippen LogP contribution in [0.1, 0.15) is 17.2 Å². The fraction of sp³-hybridized carbons (Fsp3) is 0.143. The summed E-state index contributed by atoms with van der Waals surface area (Å²) in [5.41, 5.74) is 2.53. The van der Waals surface area contributed by atoms with Gasteiger partial charge in [0.25, 0.3) is 5.91 Å². The summed E-state index contributed by atoms with van der Waals surface area (Å²) in [6.07, 6.45) is 5.48. The Morgan fingerprint density at radius 3 is 2.78 bits per heavy atom. The van der Waals surface area contributed by atoms with Gasteiger partial charge in [-0.1, -0.05) is 41.9 Å². The number of hydrogen-bond donors (Lipinski definition) is 1. The number of fused-ring (bicyclic) bond motifs is 1. The lowest BCUT2D eigenvalue weighted by molar-refractivity contribution is -0.117. The zero-order valence-electron chi connectivity index (χ0n) is 14.5. The molecular weight excluding hydrogens is 362 g/mol. The van der Waals surface area contributed by atoms with Gasteiger partial charge in [-0.15, -0.1) is 0 Å². The van der Waals surface area contributed by atoms with Crippen LogP contribution in [-0.4, -0.2) is 28.8 Å². The first kappa shape index (κ1) is 17.4. The van der Waals surface area contributed by atoms with Crippen LogP contribution < -0.4 is 10.1 Å². The van der Waals surface area contributed by atoms with E-state index in [9.17, 15) is 4.79 Å². The molecule has 0 radical (unpaired) electrons. The molecule has 3 aromatic rings. The highest BCUT2D eigenvalue weighted by Gasteiger charge is 2.20. The SMILES string of the molecule is O=C(NC[C@@H](c1ccc(Cl)cc1)n1cccn1)C1=Cc2ccccc2OC1. The molecule has 27 heavy (non-hydrogen) atoms. The van der Waals surface area contributed by atoms with Crippen LogP contribution in [0.4, 0.5) is 0 Å². The highest BCUT2D eigenvalue weighted by atomic mass is 35.5. The number of carbonyl (C=O) groups excluding carboxylic acids is 1. The van der Waals surface area contributed by atoms with Crippen molar-refractivity contribution < 1.29 is 9.53 Å². The Bertz CT molecular complexity index is 965. The summed E-state index contributed by atoms with van der Waals surface area (Å²) in [7, 11) is 0. The van der Waals surface area contributed by atoms with Crippen LogP contribution in [0.5, 0.6) is 5.75 Å². The Labute approximate surface area is 162 Å². The van der Waals surface area contributed by atoms with Crippen molar-refractivity contribution in [2.24, 2.45) is 0 Å². The minimum absolute atomic E-state index is 0.126. The Kier molecular flexibility index (Phi) is 4.94. The number of nitrogens with one attached hydrogen (secondary N) is 1. The summed E-state index contributed by atoms with van der Waals surface area (Å²) in [6, 6.07) is 17.0. The highest BCUT2D eigenvalue weighted by Crippen LogP contribution is 2.26. The number of halogens is 1. The van der Waals surface area contributed by atoms with Crippen molar-refractivity contribution in [3.05, 3.63) is 88.7 Å². The third-order valence-corrected chi connectivity index (χ3v) is 4.73. The average Bonchev–Trinajstić information content (AvgIpc) is 3.23. The van der Waals surface area contributed by atoms with Crippen LogP contribution in [0.3, 0.4) is 0 Å². The maximum atomic E-state index is 12.7. The molecule has 1 aliphatic rings. The predicted octanol–water partition coefficient (Wildman–Crippen LogP) is 3.72. The first-order valence-electron chi connectivity index (χ1n) is 8.66. The van der Waals surface area contributed by atoms with Crippen LogP contribution in [0.2, 0.25) is 5.02 Å². The van der Waals surface area contributed by atoms with Gasteiger partial charge in [0.2, 0.25) is 0 Å². The van der Waals surface area contributed by atoms with E-state index >= 15 is 0 Å². The lowest BCUT2D eigenvalue weighted by atomic mass is 10.1. The summed E-state index contributed by atoms with van der Waals surface area (Å²) in [5, 5.41) is 8.00. The molecule has 1 aliphatic heterocycles. The smallest absolute Gasteiger partial charge is 0.250 e. The molecule has 1 N–H and O–H groups in total. The summed E-state index contributed by atoms with van der Waals surface area (Å²) < 4.78 is 7.50. The van der Waals surface area contributed by atoms with Crippen LogP contribution in [0, 0.1) is 0 Å². The summed E-state index contributed by atoms with van der Waals surface area (Å²) >= 11 is 6.00. The van der Waals surface area contributed by atoms with Crippen LogP contribution in [0.15, 0.2) is 72.6 Å². The van der Waals surface area contributed by atoms with E-state index in [1.165, 1.54) is 0 Å². The predicted molar refractivity (Wildman–Crippen MR) is 105 cm³/mol. The van der Waals surface area contributed by atoms with Crippen LogP contribution in [-0.2, 0) is 4.79 Å². The zero-order valence-corrected chi connectivity index (χ0v) is 15.3. The number of amides is 1. The molecule has 0 fully saturated rings. The highest BCUT2D eigenvalue weighted by molar-refractivity contribution is 6.30. The minimum Gasteiger partial charge on any atom is -0.488 e. The number of rotatable bonds is 5. The van der Waals surface area contributed by atoms with E-state index in [1.54, 1.807) is 6.20 Å². The van der Waals surface area contributed by atoms with E-state index in [4.69, 9.17) is 16.3 Å². The lowest BCUT2D eigenvalue weighted by Gasteiger charge is -2.21. The molecule has 6 heteroatoms. The van der Waals surface area contributed by atoms with Gasteiger partial charge in [0.1, 0.15) is 12.4 Å². The molecule has 0 spiro atoms. The standard InChI is InChI=1S/C21H18ClN3O2/c22-18-8-6-15(7-9-18)19(25-11-3-10-24-25)13-23-21(26)17-12-16-4-1-2-5-20(16)27-14-17/h1-12,19H,13-14H2,(H,23,26)/t19-/m0/s1. The molecule has 1 atom stereocenters. The molecule has 0 saturated carbocycles. The van der Waals surface area contributed by atoms with Gasteiger partial charge in [-0.3, -0.25) is 9.48 Å². The van der Waals surface area contributed by atoms with Crippen LogP contribution in [0.25, 0.3) is 6.08 Å². The molecule has 0 aliphatic carbocycles. The van der Waals surface area contributed by atoms with Crippen molar-refractivity contribution in [2.45, 2.75) is 6.04 Å². The fourth-order valence-corrected chi connectivity index (χ4v) is 3.19. The molecule has 2 heterocycles. The molecule has 5 nitrogen and oxygen atoms in total. The summed E-state index contributed by atoms with van der Waals surface area (Å²) in [6.45, 7) is 0.664. The lowest BCUT2D eigenvalue weighted by Crippen LogP contribution is -2.34. The van der Waals surface area contributed by atoms with Gasteiger partial charge in [0, 0.05) is 29.5 Å². The van der Waals surface area contributed by atoms with Gasteiger partial charge in [-0.05, 0) is 35.9 Å². The first-order valence-corrected chi connectivity index (χ1v) is 9.04. The van der Waals surface area contributed by atoms with Gasteiger partial charge in [0.05, 0.1) is 11.6 Å². The Hall–Kier alpha value is -3.05. The third-order valence-electron chi connectivity index (χ3n) is 4.48. The van der Waals surface area contributed by atoms with E-state index in [-0.39, 0.29) is 18.6 Å². The van der Waals surface area contributed by atoms with Crippen molar-refractivity contribution in [3.63, 3.8) is 0 Å². The number of para-hydroxylation sites is 1. The van der Waals surface area contributed by atoms with E-state index < -0.39 is 0 Å². The van der Waals surface area contributed by atoms with Gasteiger partial charge in [-0.2, -0.15) is 5.10 Å². The van der Waals surface area contributed by atoms with Crippen LogP contribution >= 0.6 is 11.6 Å². The molecular formula is C21H18ClN3O2. The van der Waals surface area contributed by atoms with Crippen molar-refractivity contribution in [1.29, 1.82) is 0 Å². The summed E-state index contributed by atoms with van der Waals surface area (Å²) in [5.74, 6) is 0.653. The second kappa shape index (κ2) is 7.68. The molecule has 1 amide bonds. The number of hydrogen-bond acceptors (Lipinski definition) is 3. The summed E-state index contributed by atoms with van der Waals surface area (Å²) in [4.78, 5) is 12.7. The van der Waals surface area contributed by atoms with Gasteiger partial charge >= 0.3 is 0 Å². The normalized spacial score (nSPS) is 13.9. The van der Waals surface area contributed by atoms with E-state index in [2.05, 4.69) is 10.4 Å². The van der Waals surface area contributed by atoms with Crippen molar-refractivity contribution in [3.8, 4) is 5.75 Å². The molecule has 0 unspecified atom stereocenters. The van der Waals surface area contributed by atoms with Gasteiger partial charge in [0.15, 0.2) is 0 Å². The fourth-order valence-electron chi connectivity index (χ4n) is 3.06. The average molecular weight is 380 g/mol. The molecule has 4 rings (SSSR count). The van der Waals surface area contributed by atoms with E-state index in [1.807, 2.05) is 71.6 Å². The molecule has 1 aromatic heterocycles. The second-order valence-electron chi connectivity index (χ2n) is 6.26. The largest absolute Gasteiger partial charge is 0.488 e. The van der Waals surface area contributed by atoms with Crippen molar-refractivity contribution >= 4 is 23.6 Å². The molecule has 136 valence electrons. The van der Waals surface area contributed by atoms with E-state index in [0.717, 1.165) is 16.9 Å². The minimum atomic E-state index is -0.143. The maximum absolute atomic E-state index is 12.7. The third kappa shape index (κ3) is 3.88.